The molecule has 3 nitrogen and oxygen atoms in total. The number of nitrogens with zero attached hydrogens (tertiary/aromatic N) is 2. The summed E-state index contributed by atoms with van der Waals surface area (Å²) in [6.07, 6.45) is 5.73. The van der Waals surface area contributed by atoms with Crippen LogP contribution in [0, 0.1) is 5.92 Å². The van der Waals surface area contributed by atoms with E-state index in [1.165, 1.54) is 32.4 Å². The van der Waals surface area contributed by atoms with Gasteiger partial charge in [-0.2, -0.15) is 0 Å². The molecule has 0 bridgehead atoms. The number of rotatable bonds is 4. The van der Waals surface area contributed by atoms with Crippen LogP contribution in [0.25, 0.3) is 0 Å². The van der Waals surface area contributed by atoms with E-state index < -0.39 is 0 Å². The highest BCUT2D eigenvalue weighted by Crippen LogP contribution is 2.30. The fourth-order valence-corrected chi connectivity index (χ4v) is 3.37. The average Bonchev–Trinajstić information content (AvgIpc) is 2.75. The number of likely N-dealkylation sites (N-methyl/N-ethyl adjacent to an activating group) is 1. The molecule has 1 heterocycles. The first-order chi connectivity index (χ1) is 7.57. The van der Waals surface area contributed by atoms with Gasteiger partial charge in [0.05, 0.1) is 5.60 Å². The highest BCUT2D eigenvalue weighted by Gasteiger charge is 2.33. The smallest absolute Gasteiger partial charge is 0.0774 e. The van der Waals surface area contributed by atoms with Gasteiger partial charge in [-0.25, -0.2) is 0 Å². The maximum atomic E-state index is 10.3. The summed E-state index contributed by atoms with van der Waals surface area (Å²) in [5.41, 5.74) is -0.376. The van der Waals surface area contributed by atoms with Gasteiger partial charge in [0.1, 0.15) is 0 Å². The van der Waals surface area contributed by atoms with E-state index in [0.717, 1.165) is 31.8 Å². The predicted molar refractivity (Wildman–Crippen MR) is 66.5 cm³/mol. The standard InChI is InChI=1S/C13H26N2O/c1-14-8-5-12(9-14)10-15(2)11-13(16)6-3-4-7-13/h12,16H,3-11H2,1-2H3. The molecule has 0 spiro atoms. The molecule has 0 radical (unpaired) electrons. The Morgan fingerprint density at radius 1 is 1.38 bits per heavy atom. The molecule has 2 aliphatic rings. The Labute approximate surface area is 99.4 Å². The van der Waals surface area contributed by atoms with Crippen LogP contribution in [0.3, 0.4) is 0 Å². The number of hydrogen-bond acceptors (Lipinski definition) is 3. The Hall–Kier alpha value is -0.120. The first-order valence-electron chi connectivity index (χ1n) is 6.67. The van der Waals surface area contributed by atoms with Gasteiger partial charge in [-0.15, -0.1) is 0 Å². The summed E-state index contributed by atoms with van der Waals surface area (Å²) in [6.45, 7) is 4.48. The monoisotopic (exact) mass is 226 g/mol. The molecule has 16 heavy (non-hydrogen) atoms. The van der Waals surface area contributed by atoms with Gasteiger partial charge in [0.15, 0.2) is 0 Å². The van der Waals surface area contributed by atoms with Gasteiger partial charge in [0.25, 0.3) is 0 Å². The lowest BCUT2D eigenvalue weighted by Gasteiger charge is -2.30. The Morgan fingerprint density at radius 2 is 2.06 bits per heavy atom. The summed E-state index contributed by atoms with van der Waals surface area (Å²) >= 11 is 0. The van der Waals surface area contributed by atoms with Crippen LogP contribution >= 0.6 is 0 Å². The molecule has 3 heteroatoms. The fraction of sp³-hybridized carbons (Fsp3) is 1.00. The molecule has 1 saturated heterocycles. The van der Waals surface area contributed by atoms with Crippen molar-refractivity contribution in [3.05, 3.63) is 0 Å². The quantitative estimate of drug-likeness (QED) is 0.779. The number of hydrogen-bond donors (Lipinski definition) is 1. The number of aliphatic hydroxyl groups is 1. The SMILES string of the molecule is CN1CCC(CN(C)CC2(O)CCCC2)C1. The lowest BCUT2D eigenvalue weighted by molar-refractivity contribution is 0.0133. The van der Waals surface area contributed by atoms with Gasteiger partial charge < -0.3 is 14.9 Å². The summed E-state index contributed by atoms with van der Waals surface area (Å²) in [4.78, 5) is 4.75. The molecule has 1 aliphatic heterocycles. The van der Waals surface area contributed by atoms with Crippen molar-refractivity contribution in [2.24, 2.45) is 5.92 Å². The topological polar surface area (TPSA) is 26.7 Å². The third-order valence-corrected chi connectivity index (χ3v) is 4.16. The van der Waals surface area contributed by atoms with Gasteiger partial charge >= 0.3 is 0 Å². The molecular formula is C13H26N2O. The normalized spacial score (nSPS) is 30.4. The largest absolute Gasteiger partial charge is 0.389 e. The van der Waals surface area contributed by atoms with Crippen LogP contribution in [0.15, 0.2) is 0 Å². The zero-order valence-corrected chi connectivity index (χ0v) is 10.8. The summed E-state index contributed by atoms with van der Waals surface area (Å²) < 4.78 is 0. The summed E-state index contributed by atoms with van der Waals surface area (Å²) in [6, 6.07) is 0. The molecule has 0 aromatic carbocycles. The second-order valence-electron chi connectivity index (χ2n) is 6.05. The zero-order chi connectivity index (χ0) is 11.6. The van der Waals surface area contributed by atoms with Crippen molar-refractivity contribution in [3.63, 3.8) is 0 Å². The summed E-state index contributed by atoms with van der Waals surface area (Å²) in [7, 11) is 4.36. The van der Waals surface area contributed by atoms with Crippen LogP contribution in [-0.2, 0) is 0 Å². The zero-order valence-electron chi connectivity index (χ0n) is 10.8. The van der Waals surface area contributed by atoms with Crippen LogP contribution in [0.4, 0.5) is 0 Å². The lowest BCUT2D eigenvalue weighted by atomic mass is 10.0. The molecule has 2 rings (SSSR count). The minimum Gasteiger partial charge on any atom is -0.389 e. The highest BCUT2D eigenvalue weighted by molar-refractivity contribution is 4.87. The van der Waals surface area contributed by atoms with E-state index in [2.05, 4.69) is 23.9 Å². The Kier molecular flexibility index (Phi) is 3.88. The van der Waals surface area contributed by atoms with Crippen molar-refractivity contribution in [3.8, 4) is 0 Å². The van der Waals surface area contributed by atoms with Crippen LogP contribution in [0.1, 0.15) is 32.1 Å². The van der Waals surface area contributed by atoms with Gasteiger partial charge in [0, 0.05) is 19.6 Å². The van der Waals surface area contributed by atoms with Crippen molar-refractivity contribution in [1.82, 2.24) is 9.80 Å². The van der Waals surface area contributed by atoms with Gasteiger partial charge in [0.2, 0.25) is 0 Å². The van der Waals surface area contributed by atoms with E-state index in [1.807, 2.05) is 0 Å². The van der Waals surface area contributed by atoms with Gasteiger partial charge in [-0.1, -0.05) is 12.8 Å². The van der Waals surface area contributed by atoms with Gasteiger partial charge in [-0.3, -0.25) is 0 Å². The molecule has 0 amide bonds. The van der Waals surface area contributed by atoms with E-state index in [4.69, 9.17) is 0 Å². The maximum Gasteiger partial charge on any atom is 0.0774 e. The van der Waals surface area contributed by atoms with E-state index in [9.17, 15) is 5.11 Å². The van der Waals surface area contributed by atoms with Crippen LogP contribution in [0.5, 0.6) is 0 Å². The highest BCUT2D eigenvalue weighted by atomic mass is 16.3. The molecule has 2 fully saturated rings. The van der Waals surface area contributed by atoms with E-state index in [-0.39, 0.29) is 5.60 Å². The van der Waals surface area contributed by atoms with E-state index in [0.29, 0.717) is 0 Å². The van der Waals surface area contributed by atoms with E-state index >= 15 is 0 Å². The van der Waals surface area contributed by atoms with Crippen molar-refractivity contribution in [1.29, 1.82) is 0 Å². The molecule has 1 aliphatic carbocycles. The van der Waals surface area contributed by atoms with Gasteiger partial charge in [-0.05, 0) is 45.8 Å². The molecule has 1 atom stereocenters. The molecule has 1 unspecified atom stereocenters. The van der Waals surface area contributed by atoms with Crippen LogP contribution in [-0.4, -0.2) is 60.8 Å². The molecule has 94 valence electrons. The summed E-state index contributed by atoms with van der Waals surface area (Å²) in [5.74, 6) is 0.806. The molecule has 1 N–H and O–H groups in total. The Balaban J connectivity index is 1.73. The second-order valence-corrected chi connectivity index (χ2v) is 6.05. The average molecular weight is 226 g/mol. The maximum absolute atomic E-state index is 10.3. The van der Waals surface area contributed by atoms with Crippen molar-refractivity contribution in [2.45, 2.75) is 37.7 Å². The Bertz CT molecular complexity index is 226. The lowest BCUT2D eigenvalue weighted by Crippen LogP contribution is -2.41. The van der Waals surface area contributed by atoms with E-state index in [1.54, 1.807) is 0 Å². The Morgan fingerprint density at radius 3 is 2.62 bits per heavy atom. The van der Waals surface area contributed by atoms with Crippen molar-refractivity contribution < 1.29 is 5.11 Å². The summed E-state index contributed by atoms with van der Waals surface area (Å²) in [5, 5.41) is 10.3. The first kappa shape index (κ1) is 12.3. The van der Waals surface area contributed by atoms with Crippen molar-refractivity contribution >= 4 is 0 Å². The third kappa shape index (κ3) is 3.19. The third-order valence-electron chi connectivity index (χ3n) is 4.16. The minimum absolute atomic E-state index is 0.376. The predicted octanol–water partition coefficient (Wildman–Crippen LogP) is 1.17. The fourth-order valence-electron chi connectivity index (χ4n) is 3.37. The van der Waals surface area contributed by atoms with Crippen molar-refractivity contribution in [2.75, 3.05) is 40.3 Å². The molecular weight excluding hydrogens is 200 g/mol. The second kappa shape index (κ2) is 5.03. The van der Waals surface area contributed by atoms with Crippen LogP contribution in [0.2, 0.25) is 0 Å². The van der Waals surface area contributed by atoms with Crippen LogP contribution < -0.4 is 0 Å². The first-order valence-corrected chi connectivity index (χ1v) is 6.67. The molecule has 0 aromatic heterocycles. The minimum atomic E-state index is -0.376. The molecule has 1 saturated carbocycles. The molecule has 0 aromatic rings. The number of likely N-dealkylation sites (tertiary alicyclic amines) is 1.